The molecule has 0 aromatic heterocycles. The molecule has 228 valence electrons. The second kappa shape index (κ2) is 16.8. The molecule has 0 heterocycles. The van der Waals surface area contributed by atoms with Gasteiger partial charge in [0.15, 0.2) is 0 Å². The van der Waals surface area contributed by atoms with Crippen molar-refractivity contribution in [2.75, 3.05) is 0 Å². The average molecular weight is 699 g/mol. The third-order valence-electron chi connectivity index (χ3n) is 7.74. The second-order valence-electron chi connectivity index (χ2n) is 13.0. The fourth-order valence-corrected chi connectivity index (χ4v) is 5.79. The first-order valence-corrected chi connectivity index (χ1v) is 16.3. The SMILES string of the molecule is CC(C)(C)c1ccc2c(c1)[cH-]c1cc(C(C)(C)C)ccc12.CCc1ccc([C](=[Zr+2])c2ccccc2)cc1.[C-]1=CC=CC1.[Cl-].[Cl-]. The third-order valence-corrected chi connectivity index (χ3v) is 9.15. The molecule has 0 fully saturated rings. The van der Waals surface area contributed by atoms with E-state index in [9.17, 15) is 0 Å². The van der Waals surface area contributed by atoms with E-state index in [-0.39, 0.29) is 35.6 Å². The Morgan fingerprint density at radius 2 is 1.20 bits per heavy atom. The summed E-state index contributed by atoms with van der Waals surface area (Å²) in [5.41, 5.74) is 7.30. The van der Waals surface area contributed by atoms with Crippen LogP contribution in [0.4, 0.5) is 0 Å². The minimum absolute atomic E-state index is 0. The summed E-state index contributed by atoms with van der Waals surface area (Å²) in [7, 11) is 0. The van der Waals surface area contributed by atoms with Crippen molar-refractivity contribution in [2.45, 2.75) is 72.1 Å². The van der Waals surface area contributed by atoms with Crippen LogP contribution in [0.2, 0.25) is 0 Å². The fourth-order valence-electron chi connectivity index (χ4n) is 4.97. The summed E-state index contributed by atoms with van der Waals surface area (Å²) in [6.45, 7) is 15.8. The second-order valence-corrected chi connectivity index (χ2v) is 14.3. The van der Waals surface area contributed by atoms with E-state index in [0.29, 0.717) is 0 Å². The van der Waals surface area contributed by atoms with E-state index in [1.54, 1.807) is 0 Å². The molecule has 0 saturated heterocycles. The molecule has 0 N–H and O–H groups in total. The molecule has 0 unspecified atom stereocenters. The van der Waals surface area contributed by atoms with Crippen molar-refractivity contribution < 1.29 is 49.0 Å². The summed E-state index contributed by atoms with van der Waals surface area (Å²) >= 11 is 1.47. The number of halogens is 2. The summed E-state index contributed by atoms with van der Waals surface area (Å²) in [5, 5.41) is 5.48. The summed E-state index contributed by atoms with van der Waals surface area (Å²) in [5.74, 6) is 0. The van der Waals surface area contributed by atoms with Crippen molar-refractivity contribution in [3.63, 3.8) is 0 Å². The zero-order valence-corrected chi connectivity index (χ0v) is 31.1. The van der Waals surface area contributed by atoms with Crippen molar-refractivity contribution in [1.29, 1.82) is 0 Å². The zero-order valence-electron chi connectivity index (χ0n) is 27.1. The van der Waals surface area contributed by atoms with Gasteiger partial charge in [-0.25, -0.2) is 12.2 Å². The molecule has 0 saturated carbocycles. The van der Waals surface area contributed by atoms with Gasteiger partial charge in [0.1, 0.15) is 0 Å². The molecule has 0 spiro atoms. The maximum Gasteiger partial charge on any atom is -0.109 e. The van der Waals surface area contributed by atoms with Crippen LogP contribution >= 0.6 is 0 Å². The number of benzene rings is 4. The topological polar surface area (TPSA) is 0 Å². The normalized spacial score (nSPS) is 12.0. The Morgan fingerprint density at radius 3 is 1.59 bits per heavy atom. The van der Waals surface area contributed by atoms with E-state index in [1.165, 1.54) is 76.8 Å². The standard InChI is InChI=1S/C21H25.C15H14.C5H5.2ClH.Zr/c1-20(2,3)16-7-9-18-14(12-16)11-15-13-17(21(4,5)6)8-10-19(15)18;1-2-13-8-10-15(11-9-13)12-14-6-4-3-5-7-14;1-2-4-5-3-1;;;/h7-13H,1-6H3;3-11H,2H2,1H3;1-3H,4H2;2*1H;/q-1;;-1;;;+2/p-2. The van der Waals surface area contributed by atoms with Crippen molar-refractivity contribution >= 4 is 24.8 Å². The van der Waals surface area contributed by atoms with Gasteiger partial charge in [0.2, 0.25) is 0 Å². The Labute approximate surface area is 293 Å². The molecule has 0 aliphatic heterocycles. The molecule has 5 aromatic rings. The van der Waals surface area contributed by atoms with Crippen LogP contribution < -0.4 is 24.8 Å². The predicted octanol–water partition coefficient (Wildman–Crippen LogP) is 4.99. The number of rotatable bonds is 3. The van der Waals surface area contributed by atoms with E-state index in [2.05, 4.69) is 158 Å². The summed E-state index contributed by atoms with van der Waals surface area (Å²) in [6.07, 6.45) is 11.1. The van der Waals surface area contributed by atoms with Crippen molar-refractivity contribution in [3.8, 4) is 0 Å². The van der Waals surface area contributed by atoms with Crippen LogP contribution in [0, 0.1) is 6.08 Å². The first-order valence-electron chi connectivity index (χ1n) is 15.1. The van der Waals surface area contributed by atoms with Crippen LogP contribution in [-0.2, 0) is 41.5 Å². The zero-order chi connectivity index (χ0) is 30.3. The first-order chi connectivity index (χ1) is 20.0. The molecule has 0 atom stereocenters. The smallest absolute Gasteiger partial charge is 0.109 e. The number of fused-ring (bicyclic) bond motifs is 3. The van der Waals surface area contributed by atoms with Crippen LogP contribution in [0.5, 0.6) is 0 Å². The Balaban J connectivity index is 0.000000260. The largest absolute Gasteiger partial charge is 1.00 e. The van der Waals surface area contributed by atoms with E-state index < -0.39 is 0 Å². The Kier molecular flexibility index (Phi) is 14.4. The number of allylic oxidation sites excluding steroid dienone is 4. The summed E-state index contributed by atoms with van der Waals surface area (Å²) < 4.78 is 1.43. The van der Waals surface area contributed by atoms with Gasteiger partial charge in [0.05, 0.1) is 0 Å². The van der Waals surface area contributed by atoms with Gasteiger partial charge < -0.3 is 24.8 Å². The molecule has 6 rings (SSSR count). The quantitative estimate of drug-likeness (QED) is 0.233. The van der Waals surface area contributed by atoms with Crippen LogP contribution in [0.3, 0.4) is 0 Å². The molecule has 3 heteroatoms. The van der Waals surface area contributed by atoms with E-state index >= 15 is 0 Å². The van der Waals surface area contributed by atoms with Crippen molar-refractivity contribution in [1.82, 2.24) is 0 Å². The minimum atomic E-state index is 0. The molecular formula is C41H44Cl2Zr-2. The predicted molar refractivity (Wildman–Crippen MR) is 181 cm³/mol. The fraction of sp³-hybridized carbons (Fsp3) is 0.268. The first kappa shape index (κ1) is 37.7. The number of aryl methyl sites for hydroxylation is 1. The molecule has 5 aromatic carbocycles. The Hall–Kier alpha value is -2.44. The van der Waals surface area contributed by atoms with E-state index in [0.717, 1.165) is 12.8 Å². The Morgan fingerprint density at radius 1 is 0.705 bits per heavy atom. The maximum absolute atomic E-state index is 2.99. The van der Waals surface area contributed by atoms with Gasteiger partial charge in [-0.15, -0.1) is 46.2 Å². The monoisotopic (exact) mass is 696 g/mol. The van der Waals surface area contributed by atoms with E-state index in [1.807, 2.05) is 12.2 Å². The molecule has 0 amide bonds. The number of hydrogen-bond acceptors (Lipinski definition) is 0. The van der Waals surface area contributed by atoms with Crippen molar-refractivity contribution in [2.24, 2.45) is 0 Å². The maximum atomic E-state index is 2.99. The number of hydrogen-bond donors (Lipinski definition) is 0. The molecule has 1 aliphatic rings. The van der Waals surface area contributed by atoms with Gasteiger partial charge in [0, 0.05) is 0 Å². The average Bonchev–Trinajstić information content (AvgIpc) is 3.68. The van der Waals surface area contributed by atoms with Crippen LogP contribution in [0.25, 0.3) is 21.5 Å². The molecule has 44 heavy (non-hydrogen) atoms. The minimum Gasteiger partial charge on any atom is -1.00 e. The Bertz CT molecular complexity index is 1610. The van der Waals surface area contributed by atoms with Crippen LogP contribution in [0.15, 0.2) is 115 Å². The van der Waals surface area contributed by atoms with Gasteiger partial charge in [0.25, 0.3) is 0 Å². The van der Waals surface area contributed by atoms with Gasteiger partial charge in [-0.3, -0.25) is 6.08 Å². The van der Waals surface area contributed by atoms with Crippen LogP contribution in [-0.4, -0.2) is 3.21 Å². The van der Waals surface area contributed by atoms with Crippen molar-refractivity contribution in [3.05, 3.63) is 149 Å². The molecule has 0 radical (unpaired) electrons. The molecular weight excluding hydrogens is 655 g/mol. The van der Waals surface area contributed by atoms with E-state index in [4.69, 9.17) is 0 Å². The van der Waals surface area contributed by atoms with Gasteiger partial charge in [-0.2, -0.15) is 6.08 Å². The van der Waals surface area contributed by atoms with Gasteiger partial charge >= 0.3 is 112 Å². The van der Waals surface area contributed by atoms with Crippen LogP contribution in [0.1, 0.15) is 82.7 Å². The van der Waals surface area contributed by atoms with Gasteiger partial charge in [-0.1, -0.05) is 76.9 Å². The molecule has 1 aliphatic carbocycles. The third kappa shape index (κ3) is 10.0. The summed E-state index contributed by atoms with van der Waals surface area (Å²) in [6, 6.07) is 35.7. The molecule has 0 nitrogen and oxygen atoms in total. The summed E-state index contributed by atoms with van der Waals surface area (Å²) in [4.78, 5) is 0. The van der Waals surface area contributed by atoms with Gasteiger partial charge in [-0.05, 0) is 10.8 Å². The molecule has 0 bridgehead atoms.